The molecular weight excluding hydrogens is 160 g/mol. The van der Waals surface area contributed by atoms with Crippen molar-refractivity contribution in [2.45, 2.75) is 20.3 Å². The summed E-state index contributed by atoms with van der Waals surface area (Å²) in [6, 6.07) is 0. The summed E-state index contributed by atoms with van der Waals surface area (Å²) < 4.78 is 0. The molecule has 0 N–H and O–H groups in total. The fourth-order valence-corrected chi connectivity index (χ4v) is 2.87. The Morgan fingerprint density at radius 2 is 1.58 bits per heavy atom. The van der Waals surface area contributed by atoms with Crippen LogP contribution in [-0.2, 0) is 0 Å². The van der Waals surface area contributed by atoms with Crippen molar-refractivity contribution in [3.63, 3.8) is 0 Å². The molecule has 0 amide bonds. The first kappa shape index (κ1) is 11.2. The van der Waals surface area contributed by atoms with Gasteiger partial charge in [0, 0.05) is 0 Å². The van der Waals surface area contributed by atoms with Crippen molar-refractivity contribution in [2.75, 3.05) is 0 Å². The van der Waals surface area contributed by atoms with E-state index in [-0.39, 0.29) is 0 Å². The van der Waals surface area contributed by atoms with Crippen LogP contribution in [0.25, 0.3) is 0 Å². The van der Waals surface area contributed by atoms with Crippen LogP contribution < -0.4 is 0 Å². The molecule has 0 nitrogen and oxygen atoms in total. The van der Waals surface area contributed by atoms with E-state index in [0.29, 0.717) is 0 Å². The number of allylic oxidation sites excluding steroid dienone is 1. The average molecular weight is 178 g/mol. The molecule has 1 heteroatoms. The van der Waals surface area contributed by atoms with Crippen LogP contribution in [0.4, 0.5) is 0 Å². The number of hydrogen-bond acceptors (Lipinski definition) is 0. The summed E-state index contributed by atoms with van der Waals surface area (Å²) in [6.45, 7) is 15.8. The molecule has 12 heavy (non-hydrogen) atoms. The molecule has 0 aliphatic heterocycles. The van der Waals surface area contributed by atoms with Gasteiger partial charge < -0.3 is 0 Å². The smallest absolute Gasteiger partial charge is 0.106 e. The monoisotopic (exact) mass is 178 g/mol. The number of hydrogen-bond donors (Lipinski definition) is 0. The Balaban J connectivity index is 4.85. The maximum atomic E-state index is 3.84. The van der Waals surface area contributed by atoms with Gasteiger partial charge in [-0.1, -0.05) is 35.3 Å². The molecule has 0 aromatic heterocycles. The van der Waals surface area contributed by atoms with E-state index in [9.17, 15) is 0 Å². The predicted molar refractivity (Wildman–Crippen MR) is 60.4 cm³/mol. The Kier molecular flexibility index (Phi) is 4.60. The molecule has 66 valence electrons. The molecule has 0 radical (unpaired) electrons. The van der Waals surface area contributed by atoms with E-state index >= 15 is 0 Å². The van der Waals surface area contributed by atoms with E-state index < -0.39 is 8.07 Å². The third-order valence-electron chi connectivity index (χ3n) is 2.11. The largest absolute Gasteiger partial charge is 0.148 e. The second kappa shape index (κ2) is 4.94. The minimum absolute atomic E-state index is 1.09. The van der Waals surface area contributed by atoms with Crippen LogP contribution in [0.1, 0.15) is 20.3 Å². The van der Waals surface area contributed by atoms with Gasteiger partial charge in [-0.05, 0) is 13.3 Å². The highest BCUT2D eigenvalue weighted by Gasteiger charge is 2.17. The quantitative estimate of drug-likeness (QED) is 0.565. The lowest BCUT2D eigenvalue weighted by atomic mass is 10.3. The predicted octanol–water partition coefficient (Wildman–Crippen LogP) is 3.51. The SMILES string of the molecule is C=C[Si](C=C)(C=C)C=C(C)CC. The molecule has 0 aliphatic rings. The van der Waals surface area contributed by atoms with Crippen LogP contribution in [0.5, 0.6) is 0 Å². The lowest BCUT2D eigenvalue weighted by Gasteiger charge is -2.15. The van der Waals surface area contributed by atoms with Crippen LogP contribution in [0.15, 0.2) is 48.1 Å². The molecule has 0 aromatic rings. The Bertz CT molecular complexity index is 189. The van der Waals surface area contributed by atoms with Crippen LogP contribution in [0.3, 0.4) is 0 Å². The number of rotatable bonds is 5. The molecule has 0 spiro atoms. The van der Waals surface area contributed by atoms with Crippen molar-refractivity contribution >= 4 is 8.07 Å². The van der Waals surface area contributed by atoms with E-state index in [1.54, 1.807) is 0 Å². The van der Waals surface area contributed by atoms with Gasteiger partial charge in [0.05, 0.1) is 0 Å². The van der Waals surface area contributed by atoms with E-state index in [0.717, 1.165) is 6.42 Å². The third kappa shape index (κ3) is 2.66. The highest BCUT2D eigenvalue weighted by Crippen LogP contribution is 2.13. The van der Waals surface area contributed by atoms with Crippen molar-refractivity contribution in [1.29, 1.82) is 0 Å². The lowest BCUT2D eigenvalue weighted by Crippen LogP contribution is -2.24. The summed E-state index contributed by atoms with van der Waals surface area (Å²) in [5.41, 5.74) is 9.64. The van der Waals surface area contributed by atoms with Crippen molar-refractivity contribution < 1.29 is 0 Å². The molecule has 0 saturated heterocycles. The summed E-state index contributed by atoms with van der Waals surface area (Å²) >= 11 is 0. The topological polar surface area (TPSA) is 0 Å². The standard InChI is InChI=1S/C11H18Si/c1-6-11(5)10-12(7-2,8-3)9-4/h7-10H,2-4,6H2,1,5H3. The third-order valence-corrected chi connectivity index (χ3v) is 5.23. The van der Waals surface area contributed by atoms with Crippen molar-refractivity contribution in [3.05, 3.63) is 48.1 Å². The van der Waals surface area contributed by atoms with Crippen molar-refractivity contribution in [2.24, 2.45) is 0 Å². The van der Waals surface area contributed by atoms with Crippen LogP contribution in [0, 0.1) is 0 Å². The molecule has 0 aliphatic carbocycles. The van der Waals surface area contributed by atoms with Gasteiger partial charge in [-0.3, -0.25) is 0 Å². The molecule has 0 atom stereocenters. The minimum Gasteiger partial charge on any atom is -0.106 e. The van der Waals surface area contributed by atoms with Gasteiger partial charge in [-0.15, -0.1) is 19.7 Å². The summed E-state index contributed by atoms with van der Waals surface area (Å²) in [5, 5.41) is 0. The highest BCUT2D eigenvalue weighted by atomic mass is 28.3. The van der Waals surface area contributed by atoms with Gasteiger partial charge in [0.1, 0.15) is 8.07 Å². The van der Waals surface area contributed by atoms with Crippen LogP contribution >= 0.6 is 0 Å². The van der Waals surface area contributed by atoms with Gasteiger partial charge in [-0.25, -0.2) is 0 Å². The van der Waals surface area contributed by atoms with Gasteiger partial charge in [-0.2, -0.15) is 0 Å². The van der Waals surface area contributed by atoms with Gasteiger partial charge in [0.2, 0.25) is 0 Å². The van der Waals surface area contributed by atoms with E-state index in [4.69, 9.17) is 0 Å². The summed E-state index contributed by atoms with van der Waals surface area (Å²) in [5.74, 6) is 0. The molecule has 0 rings (SSSR count). The Morgan fingerprint density at radius 1 is 1.17 bits per heavy atom. The average Bonchev–Trinajstić information content (AvgIpc) is 2.14. The molecule has 0 bridgehead atoms. The van der Waals surface area contributed by atoms with Crippen molar-refractivity contribution in [1.82, 2.24) is 0 Å². The highest BCUT2D eigenvalue weighted by molar-refractivity contribution is 6.97. The second-order valence-corrected chi connectivity index (χ2v) is 6.47. The van der Waals surface area contributed by atoms with Crippen LogP contribution in [-0.4, -0.2) is 8.07 Å². The van der Waals surface area contributed by atoms with Crippen molar-refractivity contribution in [3.8, 4) is 0 Å². The first-order valence-electron chi connectivity index (χ1n) is 4.23. The second-order valence-electron chi connectivity index (χ2n) is 2.96. The summed E-state index contributed by atoms with van der Waals surface area (Å²) in [6.07, 6.45) is 1.09. The zero-order valence-corrected chi connectivity index (χ0v) is 9.14. The van der Waals surface area contributed by atoms with E-state index in [2.05, 4.69) is 39.3 Å². The first-order valence-corrected chi connectivity index (χ1v) is 6.54. The Morgan fingerprint density at radius 3 is 1.83 bits per heavy atom. The molecular formula is C11H18Si. The van der Waals surface area contributed by atoms with E-state index in [1.807, 2.05) is 17.1 Å². The Labute approximate surface area is 77.0 Å². The van der Waals surface area contributed by atoms with Gasteiger partial charge in [0.15, 0.2) is 0 Å². The fourth-order valence-electron chi connectivity index (χ4n) is 0.956. The lowest BCUT2D eigenvalue weighted by molar-refractivity contribution is 1.10. The molecule has 0 heterocycles. The molecule has 0 unspecified atom stereocenters. The fraction of sp³-hybridized carbons (Fsp3) is 0.273. The first-order chi connectivity index (χ1) is 5.64. The van der Waals surface area contributed by atoms with Crippen LogP contribution in [0.2, 0.25) is 0 Å². The minimum atomic E-state index is -1.67. The maximum Gasteiger partial charge on any atom is 0.148 e. The molecule has 0 fully saturated rings. The zero-order valence-electron chi connectivity index (χ0n) is 8.14. The van der Waals surface area contributed by atoms with E-state index in [1.165, 1.54) is 5.57 Å². The normalized spacial score (nSPS) is 12.3. The van der Waals surface area contributed by atoms with Gasteiger partial charge in [0.25, 0.3) is 0 Å². The van der Waals surface area contributed by atoms with Gasteiger partial charge >= 0.3 is 0 Å². The zero-order chi connectivity index (χ0) is 9.61. The molecule has 0 aromatic carbocycles. The molecule has 0 saturated carbocycles. The maximum absolute atomic E-state index is 3.84. The Hall–Kier alpha value is -0.823. The summed E-state index contributed by atoms with van der Waals surface area (Å²) in [7, 11) is -1.67. The summed E-state index contributed by atoms with van der Waals surface area (Å²) in [4.78, 5) is 0.